The van der Waals surface area contributed by atoms with Crippen LogP contribution in [-0.2, 0) is 4.74 Å². The summed E-state index contributed by atoms with van der Waals surface area (Å²) in [6.07, 6.45) is 4.73. The Morgan fingerprint density at radius 1 is 1.12 bits per heavy atom. The van der Waals surface area contributed by atoms with Crippen LogP contribution in [0.25, 0.3) is 0 Å². The number of nitrogens with one attached hydrogen (secondary N) is 1. The lowest BCUT2D eigenvalue weighted by Crippen LogP contribution is -3.14. The number of rotatable bonds is 4. The van der Waals surface area contributed by atoms with Gasteiger partial charge in [-0.1, -0.05) is 12.8 Å². The number of quaternary nitrogens is 1. The lowest BCUT2D eigenvalue weighted by Gasteiger charge is -2.31. The predicted molar refractivity (Wildman–Crippen MR) is 85.1 cm³/mol. The molecule has 24 heavy (non-hydrogen) atoms. The number of ether oxygens (including phenoxy) is 1. The average Bonchev–Trinajstić information content (AvgIpc) is 3.29. The average molecular weight is 332 g/mol. The largest absolute Gasteiger partial charge is 0.370 e. The lowest BCUT2D eigenvalue weighted by atomic mass is 10.0. The van der Waals surface area contributed by atoms with Gasteiger partial charge in [0.2, 0.25) is 5.82 Å². The second-order valence-electron chi connectivity index (χ2n) is 6.68. The Hall–Kier alpha value is -1.86. The van der Waals surface area contributed by atoms with Crippen LogP contribution < -0.4 is 4.90 Å². The topological polar surface area (TPSA) is 57.3 Å². The fourth-order valence-electron chi connectivity index (χ4n) is 3.94. The van der Waals surface area contributed by atoms with Crippen molar-refractivity contribution in [3.63, 3.8) is 0 Å². The molecule has 0 radical (unpaired) electrons. The molecule has 1 saturated heterocycles. The van der Waals surface area contributed by atoms with Gasteiger partial charge in [-0.05, 0) is 47.5 Å². The molecule has 2 aliphatic rings. The maximum atomic E-state index is 13.4. The zero-order valence-electron chi connectivity index (χ0n) is 13.7. The van der Waals surface area contributed by atoms with E-state index >= 15 is 0 Å². The van der Waals surface area contributed by atoms with Crippen molar-refractivity contribution in [3.8, 4) is 0 Å². The normalized spacial score (nSPS) is 21.2. The third-order valence-corrected chi connectivity index (χ3v) is 5.19. The minimum atomic E-state index is -0.218. The van der Waals surface area contributed by atoms with E-state index in [2.05, 4.69) is 15.5 Å². The first kappa shape index (κ1) is 15.7. The van der Waals surface area contributed by atoms with Gasteiger partial charge in [-0.2, -0.15) is 0 Å². The molecule has 0 amide bonds. The van der Waals surface area contributed by atoms with Gasteiger partial charge < -0.3 is 9.64 Å². The fourth-order valence-corrected chi connectivity index (χ4v) is 3.94. The van der Waals surface area contributed by atoms with E-state index in [-0.39, 0.29) is 11.9 Å². The molecule has 1 N–H and O–H groups in total. The minimum Gasteiger partial charge on any atom is -0.370 e. The van der Waals surface area contributed by atoms with Crippen LogP contribution in [0, 0.1) is 5.82 Å². The van der Waals surface area contributed by atoms with E-state index in [0.717, 1.165) is 50.5 Å². The number of nitrogens with zero attached hydrogens (tertiary/aromatic N) is 4. The first-order chi connectivity index (χ1) is 11.8. The van der Waals surface area contributed by atoms with Crippen LogP contribution in [0.5, 0.6) is 0 Å². The Morgan fingerprint density at radius 3 is 2.54 bits per heavy atom. The molecule has 2 aromatic rings. The molecule has 1 aliphatic heterocycles. The van der Waals surface area contributed by atoms with Gasteiger partial charge in [-0.15, -0.1) is 5.10 Å². The highest BCUT2D eigenvalue weighted by Crippen LogP contribution is 2.31. The summed E-state index contributed by atoms with van der Waals surface area (Å²) in [5, 5.41) is 12.6. The summed E-state index contributed by atoms with van der Waals surface area (Å²) in [7, 11) is 0. The van der Waals surface area contributed by atoms with Crippen molar-refractivity contribution in [2.75, 3.05) is 26.3 Å². The van der Waals surface area contributed by atoms with Crippen LogP contribution in [0.1, 0.15) is 49.2 Å². The van der Waals surface area contributed by atoms with Gasteiger partial charge in [0.1, 0.15) is 18.9 Å². The first-order valence-electron chi connectivity index (χ1n) is 8.78. The van der Waals surface area contributed by atoms with Crippen LogP contribution >= 0.6 is 0 Å². The van der Waals surface area contributed by atoms with Crippen molar-refractivity contribution in [1.82, 2.24) is 20.2 Å². The second-order valence-corrected chi connectivity index (χ2v) is 6.68. The molecule has 1 saturated carbocycles. The summed E-state index contributed by atoms with van der Waals surface area (Å²) in [6.45, 7) is 3.27. The Kier molecular flexibility index (Phi) is 4.53. The standard InChI is InChI=1S/C17H22FN5O/c18-14-7-5-13(6-8-14)16(22-9-11-24-12-10-22)17-19-20-21-23(17)15-3-1-2-4-15/h5-8,15-16H,1-4,9-12H2/p+1/t16-/m0/s1. The van der Waals surface area contributed by atoms with E-state index in [0.29, 0.717) is 6.04 Å². The van der Waals surface area contributed by atoms with E-state index in [1.165, 1.54) is 29.9 Å². The van der Waals surface area contributed by atoms with Gasteiger partial charge in [-0.3, -0.25) is 0 Å². The molecule has 0 bridgehead atoms. The summed E-state index contributed by atoms with van der Waals surface area (Å²) in [6, 6.07) is 7.16. The molecule has 1 atom stereocenters. The fraction of sp³-hybridized carbons (Fsp3) is 0.588. The zero-order chi connectivity index (χ0) is 16.4. The lowest BCUT2D eigenvalue weighted by molar-refractivity contribution is -0.933. The van der Waals surface area contributed by atoms with Crippen molar-refractivity contribution < 1.29 is 14.0 Å². The molecule has 0 unspecified atom stereocenters. The molecule has 6 nitrogen and oxygen atoms in total. The van der Waals surface area contributed by atoms with Crippen molar-refractivity contribution in [1.29, 1.82) is 0 Å². The molecule has 7 heteroatoms. The summed E-state index contributed by atoms with van der Waals surface area (Å²) >= 11 is 0. The molecule has 2 fully saturated rings. The number of aromatic nitrogens is 4. The van der Waals surface area contributed by atoms with E-state index in [1.807, 2.05) is 16.8 Å². The van der Waals surface area contributed by atoms with E-state index < -0.39 is 0 Å². The van der Waals surface area contributed by atoms with Crippen LogP contribution in [0.4, 0.5) is 4.39 Å². The van der Waals surface area contributed by atoms with Crippen LogP contribution in [0.3, 0.4) is 0 Å². The molecular formula is C17H23FN5O+. The van der Waals surface area contributed by atoms with Gasteiger partial charge in [-0.25, -0.2) is 9.07 Å². The summed E-state index contributed by atoms with van der Waals surface area (Å²) < 4.78 is 20.9. The van der Waals surface area contributed by atoms with Crippen LogP contribution in [0.15, 0.2) is 24.3 Å². The van der Waals surface area contributed by atoms with Gasteiger partial charge >= 0.3 is 0 Å². The van der Waals surface area contributed by atoms with Gasteiger partial charge in [0.25, 0.3) is 0 Å². The molecule has 1 aromatic carbocycles. The van der Waals surface area contributed by atoms with Crippen LogP contribution in [0.2, 0.25) is 0 Å². The van der Waals surface area contributed by atoms with Crippen molar-refractivity contribution in [3.05, 3.63) is 41.5 Å². The molecule has 128 valence electrons. The molecule has 4 rings (SSSR count). The highest BCUT2D eigenvalue weighted by molar-refractivity contribution is 5.23. The number of hydrogen-bond donors (Lipinski definition) is 1. The Morgan fingerprint density at radius 2 is 1.83 bits per heavy atom. The monoisotopic (exact) mass is 332 g/mol. The zero-order valence-corrected chi connectivity index (χ0v) is 13.7. The van der Waals surface area contributed by atoms with Gasteiger partial charge in [0, 0.05) is 5.56 Å². The van der Waals surface area contributed by atoms with Crippen molar-refractivity contribution >= 4 is 0 Å². The number of halogens is 1. The maximum absolute atomic E-state index is 13.4. The van der Waals surface area contributed by atoms with Crippen molar-refractivity contribution in [2.45, 2.75) is 37.8 Å². The highest BCUT2D eigenvalue weighted by Gasteiger charge is 2.35. The minimum absolute atomic E-state index is 0.0186. The molecule has 1 aliphatic carbocycles. The molecule has 1 aromatic heterocycles. The van der Waals surface area contributed by atoms with Gasteiger partial charge in [0.15, 0.2) is 6.04 Å². The Labute approximate surface area is 140 Å². The van der Waals surface area contributed by atoms with Crippen LogP contribution in [-0.4, -0.2) is 46.5 Å². The van der Waals surface area contributed by atoms with Crippen molar-refractivity contribution in [2.24, 2.45) is 0 Å². The van der Waals surface area contributed by atoms with Gasteiger partial charge in [0.05, 0.1) is 19.3 Å². The summed E-state index contributed by atoms with van der Waals surface area (Å²) in [5.41, 5.74) is 1.06. The smallest absolute Gasteiger partial charge is 0.214 e. The predicted octanol–water partition coefficient (Wildman–Crippen LogP) is 0.932. The highest BCUT2D eigenvalue weighted by atomic mass is 19.1. The van der Waals surface area contributed by atoms with E-state index in [1.54, 1.807) is 0 Å². The molecule has 0 spiro atoms. The van der Waals surface area contributed by atoms with E-state index in [4.69, 9.17) is 4.74 Å². The number of morpholine rings is 1. The Bertz CT molecular complexity index is 662. The molecule has 2 heterocycles. The maximum Gasteiger partial charge on any atom is 0.214 e. The summed E-state index contributed by atoms with van der Waals surface area (Å²) in [4.78, 5) is 1.38. The SMILES string of the molecule is Fc1ccc([C@@H](c2nnnn2C2CCCC2)[NH+]2CCOCC2)cc1. The number of tetrazole rings is 1. The first-order valence-corrected chi connectivity index (χ1v) is 8.78. The summed E-state index contributed by atoms with van der Waals surface area (Å²) in [5.74, 6) is 0.676. The Balaban J connectivity index is 1.72. The third-order valence-electron chi connectivity index (χ3n) is 5.19. The molecular weight excluding hydrogens is 309 g/mol. The number of benzene rings is 1. The van der Waals surface area contributed by atoms with E-state index in [9.17, 15) is 4.39 Å². The number of hydrogen-bond acceptors (Lipinski definition) is 4. The quantitative estimate of drug-likeness (QED) is 0.905. The second kappa shape index (κ2) is 6.94. The third kappa shape index (κ3) is 3.06.